The Hall–Kier alpha value is -3.54. The molecular weight excluding hydrogens is 556 g/mol. The summed E-state index contributed by atoms with van der Waals surface area (Å²) in [7, 11) is 0. The van der Waals surface area contributed by atoms with Crippen molar-refractivity contribution in [2.24, 2.45) is 5.10 Å². The Kier molecular flexibility index (Phi) is 8.91. The van der Waals surface area contributed by atoms with E-state index in [0.717, 1.165) is 0 Å². The van der Waals surface area contributed by atoms with Gasteiger partial charge in [-0.05, 0) is 53.3 Å². The summed E-state index contributed by atoms with van der Waals surface area (Å²) in [6, 6.07) is 15.9. The minimum Gasteiger partial charge on any atom is -0.490 e. The zero-order valence-electron chi connectivity index (χ0n) is 18.2. The number of benzene rings is 3. The molecule has 10 heteroatoms. The third kappa shape index (κ3) is 6.73. The zero-order chi connectivity index (χ0) is 24.5. The molecule has 0 aromatic heterocycles. The highest BCUT2D eigenvalue weighted by molar-refractivity contribution is 14.1. The first kappa shape index (κ1) is 25.1. The normalized spacial score (nSPS) is 10.8. The monoisotopic (exact) mass is 577 g/mol. The van der Waals surface area contributed by atoms with Crippen LogP contribution in [-0.2, 0) is 17.8 Å². The molecule has 0 aliphatic rings. The van der Waals surface area contributed by atoms with Gasteiger partial charge in [-0.25, -0.2) is 9.82 Å². The van der Waals surface area contributed by atoms with E-state index in [-0.39, 0.29) is 24.5 Å². The van der Waals surface area contributed by atoms with Gasteiger partial charge in [0.2, 0.25) is 5.91 Å². The molecule has 8 nitrogen and oxygen atoms in total. The summed E-state index contributed by atoms with van der Waals surface area (Å²) in [5.41, 5.74) is 3.61. The van der Waals surface area contributed by atoms with Gasteiger partial charge in [0, 0.05) is 17.2 Å². The number of para-hydroxylation sites is 1. The number of nitrogens with zero attached hydrogens (tertiary/aromatic N) is 2. The van der Waals surface area contributed by atoms with Crippen LogP contribution < -0.4 is 14.9 Å². The van der Waals surface area contributed by atoms with Gasteiger partial charge in [0.1, 0.15) is 12.4 Å². The standard InChI is InChI=1S/C24H21FIN3O5/c1-2-33-22-12-16(11-20(26)24(22)34-15-18-8-3-5-9-19(18)25)14-27-28-23(30)13-17-7-4-6-10-21(17)29(31)32/h3-12,14H,2,13,15H2,1H3,(H,28,30)/b27-14+. The highest BCUT2D eigenvalue weighted by Crippen LogP contribution is 2.34. The summed E-state index contributed by atoms with van der Waals surface area (Å²) in [6.45, 7) is 2.26. The van der Waals surface area contributed by atoms with Crippen LogP contribution in [0.2, 0.25) is 0 Å². The van der Waals surface area contributed by atoms with Gasteiger partial charge in [-0.1, -0.05) is 36.4 Å². The second kappa shape index (κ2) is 12.1. The molecule has 0 aliphatic carbocycles. The molecular formula is C24H21FIN3O5. The molecule has 0 unspecified atom stereocenters. The number of nitro groups is 1. The van der Waals surface area contributed by atoms with Gasteiger partial charge in [0.25, 0.3) is 5.69 Å². The third-order valence-electron chi connectivity index (χ3n) is 4.60. The molecule has 3 aromatic rings. The molecule has 0 aliphatic heterocycles. The van der Waals surface area contributed by atoms with Crippen molar-refractivity contribution in [1.82, 2.24) is 5.43 Å². The van der Waals surface area contributed by atoms with Crippen molar-refractivity contribution in [1.29, 1.82) is 0 Å². The molecule has 0 spiro atoms. The average Bonchev–Trinajstić information content (AvgIpc) is 2.80. The smallest absolute Gasteiger partial charge is 0.273 e. The van der Waals surface area contributed by atoms with E-state index in [1.165, 1.54) is 24.4 Å². The molecule has 3 aromatic carbocycles. The van der Waals surface area contributed by atoms with E-state index in [1.54, 1.807) is 42.5 Å². The summed E-state index contributed by atoms with van der Waals surface area (Å²) >= 11 is 2.08. The largest absolute Gasteiger partial charge is 0.490 e. The van der Waals surface area contributed by atoms with Crippen molar-refractivity contribution in [2.75, 3.05) is 6.61 Å². The molecule has 176 valence electrons. The van der Waals surface area contributed by atoms with E-state index in [1.807, 2.05) is 6.92 Å². The van der Waals surface area contributed by atoms with Gasteiger partial charge in [0.05, 0.1) is 27.7 Å². The number of carbonyl (C=O) groups excluding carboxylic acids is 1. The highest BCUT2D eigenvalue weighted by atomic mass is 127. The molecule has 0 bridgehead atoms. The SMILES string of the molecule is CCOc1cc(/C=N/NC(=O)Cc2ccccc2[N+](=O)[O-])cc(I)c1OCc1ccccc1F. The zero-order valence-corrected chi connectivity index (χ0v) is 20.3. The summed E-state index contributed by atoms with van der Waals surface area (Å²) in [5.74, 6) is 0.0904. The summed E-state index contributed by atoms with van der Waals surface area (Å²) < 4.78 is 26.1. The molecule has 0 heterocycles. The Morgan fingerprint density at radius 2 is 1.85 bits per heavy atom. The maximum absolute atomic E-state index is 13.9. The van der Waals surface area contributed by atoms with E-state index in [0.29, 0.717) is 38.4 Å². The molecule has 0 saturated heterocycles. The Morgan fingerprint density at radius 3 is 2.56 bits per heavy atom. The number of ether oxygens (including phenoxy) is 2. The summed E-state index contributed by atoms with van der Waals surface area (Å²) in [4.78, 5) is 22.8. The van der Waals surface area contributed by atoms with Gasteiger partial charge < -0.3 is 9.47 Å². The van der Waals surface area contributed by atoms with Crippen LogP contribution in [0.5, 0.6) is 11.5 Å². The van der Waals surface area contributed by atoms with Gasteiger partial charge in [-0.3, -0.25) is 14.9 Å². The minimum absolute atomic E-state index is 0.0395. The van der Waals surface area contributed by atoms with Crippen LogP contribution >= 0.6 is 22.6 Å². The van der Waals surface area contributed by atoms with Crippen molar-refractivity contribution in [3.63, 3.8) is 0 Å². The Bertz CT molecular complexity index is 1220. The van der Waals surface area contributed by atoms with Gasteiger partial charge in [0.15, 0.2) is 11.5 Å². The van der Waals surface area contributed by atoms with Gasteiger partial charge in [-0.2, -0.15) is 5.10 Å². The fraction of sp³-hybridized carbons (Fsp3) is 0.167. The van der Waals surface area contributed by atoms with Crippen LogP contribution in [0, 0.1) is 19.5 Å². The lowest BCUT2D eigenvalue weighted by Crippen LogP contribution is -2.20. The number of carbonyl (C=O) groups is 1. The summed E-state index contributed by atoms with van der Waals surface area (Å²) in [5, 5.41) is 15.0. The highest BCUT2D eigenvalue weighted by Gasteiger charge is 2.16. The lowest BCUT2D eigenvalue weighted by Gasteiger charge is -2.15. The summed E-state index contributed by atoms with van der Waals surface area (Å²) in [6.07, 6.45) is 1.25. The molecule has 0 atom stereocenters. The van der Waals surface area contributed by atoms with Crippen LogP contribution in [0.4, 0.5) is 10.1 Å². The number of hydrogen-bond donors (Lipinski definition) is 1. The predicted molar refractivity (Wildman–Crippen MR) is 134 cm³/mol. The van der Waals surface area contributed by atoms with E-state index in [4.69, 9.17) is 9.47 Å². The first-order chi connectivity index (χ1) is 16.4. The number of amides is 1. The quantitative estimate of drug-likeness (QED) is 0.158. The topological polar surface area (TPSA) is 103 Å². The van der Waals surface area contributed by atoms with Crippen molar-refractivity contribution < 1.29 is 23.6 Å². The second-order valence-electron chi connectivity index (χ2n) is 7.00. The number of nitro benzene ring substituents is 1. The molecule has 0 fully saturated rings. The van der Waals surface area contributed by atoms with E-state index in [2.05, 4.69) is 33.1 Å². The minimum atomic E-state index is -0.529. The fourth-order valence-electron chi connectivity index (χ4n) is 3.06. The number of nitrogens with one attached hydrogen (secondary N) is 1. The molecule has 3 rings (SSSR count). The average molecular weight is 577 g/mol. The predicted octanol–water partition coefficient (Wildman–Crippen LogP) is 5.01. The van der Waals surface area contributed by atoms with Gasteiger partial charge >= 0.3 is 0 Å². The van der Waals surface area contributed by atoms with Gasteiger partial charge in [-0.15, -0.1) is 0 Å². The van der Waals surface area contributed by atoms with Crippen molar-refractivity contribution >= 4 is 40.4 Å². The Balaban J connectivity index is 1.69. The number of hydrogen-bond acceptors (Lipinski definition) is 6. The maximum Gasteiger partial charge on any atom is 0.273 e. The fourth-order valence-corrected chi connectivity index (χ4v) is 3.84. The molecule has 1 amide bonds. The van der Waals surface area contributed by atoms with Crippen molar-refractivity contribution in [2.45, 2.75) is 20.0 Å². The van der Waals surface area contributed by atoms with Crippen LogP contribution in [0.1, 0.15) is 23.6 Å². The lowest BCUT2D eigenvalue weighted by molar-refractivity contribution is -0.385. The number of halogens is 2. The third-order valence-corrected chi connectivity index (χ3v) is 5.41. The van der Waals surface area contributed by atoms with Crippen molar-refractivity contribution in [3.05, 3.63) is 96.9 Å². The second-order valence-corrected chi connectivity index (χ2v) is 8.16. The van der Waals surface area contributed by atoms with Crippen LogP contribution in [0.3, 0.4) is 0 Å². The molecule has 0 radical (unpaired) electrons. The van der Waals surface area contributed by atoms with Crippen LogP contribution in [0.25, 0.3) is 0 Å². The lowest BCUT2D eigenvalue weighted by atomic mass is 10.1. The van der Waals surface area contributed by atoms with E-state index in [9.17, 15) is 19.3 Å². The number of rotatable bonds is 10. The molecule has 34 heavy (non-hydrogen) atoms. The first-order valence-electron chi connectivity index (χ1n) is 10.3. The van der Waals surface area contributed by atoms with E-state index >= 15 is 0 Å². The van der Waals surface area contributed by atoms with E-state index < -0.39 is 10.8 Å². The Labute approximate surface area is 209 Å². The molecule has 1 N–H and O–H groups in total. The van der Waals surface area contributed by atoms with Crippen molar-refractivity contribution in [3.8, 4) is 11.5 Å². The van der Waals surface area contributed by atoms with Crippen LogP contribution in [0.15, 0.2) is 65.8 Å². The first-order valence-corrected chi connectivity index (χ1v) is 11.3. The Morgan fingerprint density at radius 1 is 1.15 bits per heavy atom. The maximum atomic E-state index is 13.9. The number of hydrazone groups is 1. The molecule has 0 saturated carbocycles. The van der Waals surface area contributed by atoms with Crippen LogP contribution in [-0.4, -0.2) is 23.7 Å².